The predicted molar refractivity (Wildman–Crippen MR) is 59.5 cm³/mol. The Morgan fingerprint density at radius 2 is 1.17 bits per heavy atom. The van der Waals surface area contributed by atoms with Crippen molar-refractivity contribution in [3.63, 3.8) is 0 Å². The monoisotopic (exact) mass is 376 g/mol. The Balaban J connectivity index is -0.000000335. The van der Waals surface area contributed by atoms with Gasteiger partial charge in [-0.1, -0.05) is 0 Å². The zero-order valence-corrected chi connectivity index (χ0v) is 12.0. The van der Waals surface area contributed by atoms with E-state index in [0.29, 0.717) is 0 Å². The summed E-state index contributed by atoms with van der Waals surface area (Å²) < 4.78 is 87.2. The van der Waals surface area contributed by atoms with Crippen molar-refractivity contribution in [2.75, 3.05) is 0 Å². The first-order valence-corrected chi connectivity index (χ1v) is 5.04. The molecule has 23 heavy (non-hydrogen) atoms. The number of alkyl halides is 3. The van der Waals surface area contributed by atoms with Crippen LogP contribution < -0.4 is 0 Å². The first-order valence-electron chi connectivity index (χ1n) is 5.04. The van der Waals surface area contributed by atoms with E-state index in [0.717, 1.165) is 6.07 Å². The molecule has 0 heterocycles. The molecule has 0 aliphatic heterocycles. The molecule has 0 bridgehead atoms. The van der Waals surface area contributed by atoms with Crippen molar-refractivity contribution < 1.29 is 52.7 Å². The summed E-state index contributed by atoms with van der Waals surface area (Å²) in [7, 11) is 0. The van der Waals surface area contributed by atoms with Gasteiger partial charge in [0.1, 0.15) is 0 Å². The quantitative estimate of drug-likeness (QED) is 0.217. The molecule has 1 aromatic rings. The summed E-state index contributed by atoms with van der Waals surface area (Å²) in [4.78, 5) is 0. The van der Waals surface area contributed by atoms with Crippen LogP contribution in [0, 0.1) is 68.9 Å². The Bertz CT molecular complexity index is 468. The fraction of sp³-hybridized carbons (Fsp3) is 0.0714. The maximum Gasteiger partial charge on any atom is 0 e. The molecule has 0 aromatic heterocycles. The molecule has 9 heteroatoms. The van der Waals surface area contributed by atoms with Crippen molar-refractivity contribution in [1.82, 2.24) is 0 Å². The third-order valence-electron chi connectivity index (χ3n) is 1.79. The second kappa shape index (κ2) is 14.4. The van der Waals surface area contributed by atoms with Gasteiger partial charge < -0.3 is 0 Å². The minimum Gasteiger partial charge on any atom is -0.0312 e. The fourth-order valence-electron chi connectivity index (χ4n) is 1.03. The molecule has 0 spiro atoms. The first kappa shape index (κ1) is 26.7. The molecule has 5 radical (unpaired) electrons. The van der Waals surface area contributed by atoms with E-state index >= 15 is 0 Å². The smallest absolute Gasteiger partial charge is 0 e. The minimum atomic E-state index is -5.11. The second-order valence-electron chi connectivity index (χ2n) is 3.12. The van der Waals surface area contributed by atoms with Gasteiger partial charge >= 0.3 is 28.8 Å². The summed E-state index contributed by atoms with van der Waals surface area (Å²) in [6.07, 6.45) is 4.89. The van der Waals surface area contributed by atoms with Crippen LogP contribution in [-0.4, -0.2) is 0 Å². The molecule has 0 amide bonds. The van der Waals surface area contributed by atoms with Crippen LogP contribution >= 0.6 is 0 Å². The molecule has 2 nitrogen and oxygen atoms in total. The molecule has 2 rings (SSSR count). The van der Waals surface area contributed by atoms with Gasteiger partial charge in [-0.05, 0) is 37.7 Å². The predicted octanol–water partition coefficient (Wildman–Crippen LogP) is 3.87. The molecule has 0 saturated heterocycles. The minimum absolute atomic E-state index is 0. The Labute approximate surface area is 140 Å². The van der Waals surface area contributed by atoms with Crippen LogP contribution in [0.25, 0.3) is 0 Å². The van der Waals surface area contributed by atoms with Crippen LogP contribution in [0.1, 0.15) is 5.56 Å². The summed E-state index contributed by atoms with van der Waals surface area (Å²) in [6, 6.07) is 0.988. The zero-order chi connectivity index (χ0) is 17.8. The van der Waals surface area contributed by atoms with Crippen LogP contribution in [0.2, 0.25) is 0 Å². The maximum atomic E-state index is 12.4. The van der Waals surface area contributed by atoms with Gasteiger partial charge in [-0.25, -0.2) is 8.78 Å². The number of halogens is 6. The third kappa shape index (κ3) is 11.0. The molecule has 125 valence electrons. The van der Waals surface area contributed by atoms with E-state index < -0.39 is 29.2 Å². The van der Waals surface area contributed by atoms with Gasteiger partial charge in [-0.3, -0.25) is 4.39 Å². The molecule has 1 aliphatic rings. The fourth-order valence-corrected chi connectivity index (χ4v) is 1.03. The molecular weight excluding hydrogens is 370 g/mol. The van der Waals surface area contributed by atoms with Crippen LogP contribution in [0.15, 0.2) is 6.07 Å². The van der Waals surface area contributed by atoms with E-state index in [4.69, 9.17) is 9.30 Å². The SMILES string of the molecule is Fc1[c-]c(F)c(F)c(C(F)(F)F)c1.[C-]#[O+].[C-]#[O+].[CH]1[CH][CH][CH][CH]1.[Fe]. The van der Waals surface area contributed by atoms with Gasteiger partial charge in [0.25, 0.3) is 0 Å². The molecule has 1 saturated carbocycles. The van der Waals surface area contributed by atoms with E-state index in [1.807, 2.05) is 32.1 Å². The van der Waals surface area contributed by atoms with Gasteiger partial charge in [-0.2, -0.15) is 13.2 Å². The van der Waals surface area contributed by atoms with Gasteiger partial charge in [0, 0.05) is 28.7 Å². The summed E-state index contributed by atoms with van der Waals surface area (Å²) in [5.41, 5.74) is -1.97. The first-order chi connectivity index (χ1) is 10.3. The van der Waals surface area contributed by atoms with Gasteiger partial charge in [0.05, 0.1) is 5.82 Å². The normalized spacial score (nSPS) is 12.1. The summed E-state index contributed by atoms with van der Waals surface area (Å²) in [5, 5.41) is 0. The van der Waals surface area contributed by atoms with Crippen LogP contribution in [0.5, 0.6) is 0 Å². The Morgan fingerprint density at radius 3 is 1.48 bits per heavy atom. The molecule has 1 fully saturated rings. The summed E-state index contributed by atoms with van der Waals surface area (Å²) >= 11 is 0. The Morgan fingerprint density at radius 1 is 0.826 bits per heavy atom. The van der Waals surface area contributed by atoms with Gasteiger partial charge in [0.15, 0.2) is 0 Å². The average Bonchev–Trinajstić information content (AvgIpc) is 3.05. The van der Waals surface area contributed by atoms with Crippen molar-refractivity contribution in [2.24, 2.45) is 0 Å². The van der Waals surface area contributed by atoms with E-state index in [2.05, 4.69) is 13.3 Å². The van der Waals surface area contributed by atoms with E-state index in [1.165, 1.54) is 0 Å². The Hall–Kier alpha value is -1.20. The van der Waals surface area contributed by atoms with Crippen molar-refractivity contribution in [3.05, 3.63) is 80.6 Å². The second-order valence-corrected chi connectivity index (χ2v) is 3.12. The van der Waals surface area contributed by atoms with E-state index in [9.17, 15) is 26.3 Å². The molecule has 1 aromatic carbocycles. The van der Waals surface area contributed by atoms with Gasteiger partial charge in [0.2, 0.25) is 0 Å². The van der Waals surface area contributed by atoms with E-state index in [-0.39, 0.29) is 23.1 Å². The molecule has 1 aliphatic carbocycles. The van der Waals surface area contributed by atoms with Crippen molar-refractivity contribution in [1.29, 1.82) is 0 Å². The molecule has 0 unspecified atom stereocenters. The standard InChI is InChI=1S/C7HF6.C5H5.2CO.Fe/c8-3-1-4(7(11,12)13)6(10)5(9)2-3;1-2-4-5-3-1;2*1-2;/h1H;1-5H;;;/q-1;;;;. The number of benzene rings is 1. The molecular formula is C14H6F6FeO2-. The van der Waals surface area contributed by atoms with Crippen molar-refractivity contribution in [2.45, 2.75) is 6.18 Å². The van der Waals surface area contributed by atoms with Crippen LogP contribution in [-0.2, 0) is 32.5 Å². The average molecular weight is 376 g/mol. The van der Waals surface area contributed by atoms with Crippen molar-refractivity contribution in [3.8, 4) is 0 Å². The topological polar surface area (TPSA) is 39.8 Å². The van der Waals surface area contributed by atoms with Crippen LogP contribution in [0.3, 0.4) is 0 Å². The summed E-state index contributed by atoms with van der Waals surface area (Å²) in [5.74, 6) is -5.72. The maximum absolute atomic E-state index is 12.4. The zero-order valence-electron chi connectivity index (χ0n) is 10.9. The third-order valence-corrected chi connectivity index (χ3v) is 1.79. The summed E-state index contributed by atoms with van der Waals surface area (Å²) in [6.45, 7) is 9.00. The number of hydrogen-bond donors (Lipinski definition) is 0. The molecule has 0 atom stereocenters. The number of rotatable bonds is 0. The number of hydrogen-bond acceptors (Lipinski definition) is 0. The van der Waals surface area contributed by atoms with E-state index in [1.54, 1.807) is 0 Å². The van der Waals surface area contributed by atoms with Crippen molar-refractivity contribution >= 4 is 0 Å². The van der Waals surface area contributed by atoms with Crippen LogP contribution in [0.4, 0.5) is 26.3 Å². The molecule has 0 N–H and O–H groups in total. The Kier molecular flexibility index (Phi) is 16.7. The van der Waals surface area contributed by atoms with Gasteiger partial charge in [-0.15, -0.1) is 12.1 Å². The largest absolute Gasteiger partial charge is 0.0312 e.